The summed E-state index contributed by atoms with van der Waals surface area (Å²) in [5.74, 6) is -0.101. The zero-order valence-electron chi connectivity index (χ0n) is 20.9. The highest BCUT2D eigenvalue weighted by Gasteiger charge is 2.41. The summed E-state index contributed by atoms with van der Waals surface area (Å²) in [6.45, 7) is 5.93. The molecule has 2 N–H and O–H groups in total. The number of morpholine rings is 1. The molecule has 1 aromatic heterocycles. The number of rotatable bonds is 15. The van der Waals surface area contributed by atoms with Crippen LogP contribution in [0.2, 0.25) is 0 Å². The Balaban J connectivity index is 1.33. The van der Waals surface area contributed by atoms with E-state index in [1.807, 2.05) is 16.4 Å². The van der Waals surface area contributed by atoms with Crippen LogP contribution in [0.3, 0.4) is 0 Å². The Bertz CT molecular complexity index is 796. The van der Waals surface area contributed by atoms with Crippen molar-refractivity contribution < 1.29 is 18.3 Å². The van der Waals surface area contributed by atoms with E-state index in [1.54, 1.807) is 18.5 Å². The maximum absolute atomic E-state index is 12.3. The first-order valence-electron chi connectivity index (χ1n) is 13.1. The number of ether oxygens (including phenoxy) is 1. The van der Waals surface area contributed by atoms with Crippen LogP contribution in [0.1, 0.15) is 69.8 Å². The highest BCUT2D eigenvalue weighted by molar-refractivity contribution is 7.76. The number of carbonyl (C=O) groups is 1. The Morgan fingerprint density at radius 3 is 2.69 bits per heavy atom. The monoisotopic (exact) mass is 506 g/mol. The molecule has 2 fully saturated rings. The molecule has 1 amide bonds. The fourth-order valence-electron chi connectivity index (χ4n) is 5.25. The fraction of sp³-hybridized carbons (Fsp3) is 0.692. The molecule has 35 heavy (non-hydrogen) atoms. The molecule has 3 rings (SSSR count). The topological polar surface area (TPSA) is 95.0 Å². The van der Waals surface area contributed by atoms with Crippen LogP contribution in [-0.2, 0) is 20.8 Å². The number of hydrogen-bond acceptors (Lipinski definition) is 5. The van der Waals surface area contributed by atoms with Gasteiger partial charge in [-0.2, -0.15) is 4.31 Å². The Morgan fingerprint density at radius 1 is 1.20 bits per heavy atom. The highest BCUT2D eigenvalue weighted by Crippen LogP contribution is 2.40. The Morgan fingerprint density at radius 2 is 1.97 bits per heavy atom. The Hall–Kier alpha value is -1.65. The van der Waals surface area contributed by atoms with E-state index < -0.39 is 11.3 Å². The first-order valence-corrected chi connectivity index (χ1v) is 14.2. The van der Waals surface area contributed by atoms with E-state index in [1.165, 1.54) is 6.08 Å². The van der Waals surface area contributed by atoms with Gasteiger partial charge in [0.1, 0.15) is 0 Å². The first kappa shape index (κ1) is 27.9. The smallest absolute Gasteiger partial charge is 0.243 e. The summed E-state index contributed by atoms with van der Waals surface area (Å²) in [7, 11) is 0. The molecule has 9 heteroatoms. The van der Waals surface area contributed by atoms with Gasteiger partial charge in [-0.05, 0) is 62.8 Å². The van der Waals surface area contributed by atoms with Crippen molar-refractivity contribution in [3.8, 4) is 0 Å². The zero-order valence-corrected chi connectivity index (χ0v) is 21.7. The molecule has 1 saturated carbocycles. The second-order valence-corrected chi connectivity index (χ2v) is 10.5. The summed E-state index contributed by atoms with van der Waals surface area (Å²) in [5, 5.41) is 2.91. The second-order valence-electron chi connectivity index (χ2n) is 9.65. The number of amides is 1. The van der Waals surface area contributed by atoms with Gasteiger partial charge in [0.25, 0.3) is 0 Å². The molecule has 1 aliphatic heterocycles. The van der Waals surface area contributed by atoms with E-state index in [0.29, 0.717) is 13.1 Å². The van der Waals surface area contributed by atoms with Crippen molar-refractivity contribution >= 4 is 23.2 Å². The molecule has 0 radical (unpaired) electrons. The molecule has 2 aliphatic rings. The summed E-state index contributed by atoms with van der Waals surface area (Å²) >= 11 is -1.94. The molecule has 1 unspecified atom stereocenters. The fourth-order valence-corrected chi connectivity index (χ4v) is 6.14. The van der Waals surface area contributed by atoms with Crippen LogP contribution in [-0.4, -0.2) is 80.3 Å². The molecule has 2 heterocycles. The molecular formula is C26H42N4O4S. The Labute approximate surface area is 212 Å². The average molecular weight is 507 g/mol. The van der Waals surface area contributed by atoms with Crippen molar-refractivity contribution in [3.05, 3.63) is 36.2 Å². The van der Waals surface area contributed by atoms with Gasteiger partial charge < -0.3 is 10.1 Å². The SMILES string of the molecule is O=C(/C=C/c1cccnc1)NCCCCCCN(S(=O)O)C1(CCCN2CCOCC2)CCCC1. The lowest BCUT2D eigenvalue weighted by molar-refractivity contribution is -0.116. The lowest BCUT2D eigenvalue weighted by atomic mass is 9.91. The Kier molecular flexibility index (Phi) is 12.3. The summed E-state index contributed by atoms with van der Waals surface area (Å²) in [6.07, 6.45) is 16.8. The van der Waals surface area contributed by atoms with E-state index >= 15 is 0 Å². The molecule has 1 aliphatic carbocycles. The van der Waals surface area contributed by atoms with E-state index in [2.05, 4.69) is 15.2 Å². The molecule has 1 atom stereocenters. The van der Waals surface area contributed by atoms with Gasteiger partial charge in [-0.1, -0.05) is 31.7 Å². The van der Waals surface area contributed by atoms with Gasteiger partial charge in [0.2, 0.25) is 17.2 Å². The van der Waals surface area contributed by atoms with E-state index in [4.69, 9.17) is 4.74 Å². The minimum absolute atomic E-state index is 0.101. The van der Waals surface area contributed by atoms with Crippen molar-refractivity contribution in [2.45, 2.75) is 69.7 Å². The van der Waals surface area contributed by atoms with E-state index in [9.17, 15) is 13.6 Å². The van der Waals surface area contributed by atoms with Crippen molar-refractivity contribution in [3.63, 3.8) is 0 Å². The van der Waals surface area contributed by atoms with Crippen molar-refractivity contribution in [1.29, 1.82) is 0 Å². The first-order chi connectivity index (χ1) is 17.1. The molecule has 1 saturated heterocycles. The number of unbranched alkanes of at least 4 members (excludes halogenated alkanes) is 3. The van der Waals surface area contributed by atoms with Crippen LogP contribution in [0.25, 0.3) is 6.08 Å². The highest BCUT2D eigenvalue weighted by atomic mass is 32.2. The number of pyridine rings is 1. The minimum atomic E-state index is -1.94. The molecule has 0 aromatic carbocycles. The van der Waals surface area contributed by atoms with E-state index in [-0.39, 0.29) is 11.4 Å². The van der Waals surface area contributed by atoms with Crippen LogP contribution in [0.15, 0.2) is 30.6 Å². The van der Waals surface area contributed by atoms with Gasteiger partial charge in [0.05, 0.1) is 13.2 Å². The minimum Gasteiger partial charge on any atom is -0.379 e. The largest absolute Gasteiger partial charge is 0.379 e. The quantitative estimate of drug-likeness (QED) is 0.214. The van der Waals surface area contributed by atoms with Crippen LogP contribution in [0, 0.1) is 0 Å². The summed E-state index contributed by atoms with van der Waals surface area (Å²) < 4.78 is 29.8. The van der Waals surface area contributed by atoms with Gasteiger partial charge in [-0.25, -0.2) is 4.21 Å². The van der Waals surface area contributed by atoms with Gasteiger partial charge in [-0.3, -0.25) is 19.2 Å². The third-order valence-electron chi connectivity index (χ3n) is 7.17. The van der Waals surface area contributed by atoms with Gasteiger partial charge in [0, 0.05) is 50.2 Å². The predicted molar refractivity (Wildman–Crippen MR) is 140 cm³/mol. The zero-order chi connectivity index (χ0) is 24.8. The molecular weight excluding hydrogens is 464 g/mol. The van der Waals surface area contributed by atoms with Crippen LogP contribution in [0.4, 0.5) is 0 Å². The molecule has 1 aromatic rings. The maximum atomic E-state index is 12.3. The van der Waals surface area contributed by atoms with Crippen molar-refractivity contribution in [1.82, 2.24) is 19.5 Å². The predicted octanol–water partition coefficient (Wildman–Crippen LogP) is 3.64. The summed E-state index contributed by atoms with van der Waals surface area (Å²) in [4.78, 5) is 18.4. The maximum Gasteiger partial charge on any atom is 0.243 e. The number of nitrogens with zero attached hydrogens (tertiary/aromatic N) is 3. The standard InChI is InChI=1S/C26H42N4O4S/c31-25(11-10-24-9-7-15-27-23-24)28-16-5-1-2-6-18-30(35(32)33)26(12-3-4-13-26)14-8-17-29-19-21-34-22-20-29/h7,9-11,15,23H,1-6,8,12-14,16-22H2,(H,28,31)(H,32,33)/b11-10+. The lowest BCUT2D eigenvalue weighted by Crippen LogP contribution is -2.48. The molecule has 0 bridgehead atoms. The van der Waals surface area contributed by atoms with Crippen LogP contribution >= 0.6 is 0 Å². The van der Waals surface area contributed by atoms with Crippen molar-refractivity contribution in [2.75, 3.05) is 45.9 Å². The normalized spacial score (nSPS) is 19.4. The van der Waals surface area contributed by atoms with Crippen LogP contribution < -0.4 is 5.32 Å². The summed E-state index contributed by atoms with van der Waals surface area (Å²) in [6, 6.07) is 3.74. The molecule has 196 valence electrons. The van der Waals surface area contributed by atoms with Crippen molar-refractivity contribution in [2.24, 2.45) is 0 Å². The molecule has 0 spiro atoms. The van der Waals surface area contributed by atoms with E-state index in [0.717, 1.165) is 103 Å². The average Bonchev–Trinajstić information content (AvgIpc) is 3.35. The van der Waals surface area contributed by atoms with Crippen LogP contribution in [0.5, 0.6) is 0 Å². The number of aromatic nitrogens is 1. The summed E-state index contributed by atoms with van der Waals surface area (Å²) in [5.41, 5.74) is 0.759. The number of nitrogens with one attached hydrogen (secondary N) is 1. The third-order valence-corrected chi connectivity index (χ3v) is 8.12. The van der Waals surface area contributed by atoms with Gasteiger partial charge >= 0.3 is 0 Å². The van der Waals surface area contributed by atoms with Gasteiger partial charge in [-0.15, -0.1) is 0 Å². The van der Waals surface area contributed by atoms with Gasteiger partial charge in [0.15, 0.2) is 0 Å². The molecule has 8 nitrogen and oxygen atoms in total. The third kappa shape index (κ3) is 9.73. The second kappa shape index (κ2) is 15.5. The number of carbonyl (C=O) groups excluding carboxylic acids is 1. The lowest BCUT2D eigenvalue weighted by Gasteiger charge is -2.39. The number of hydrogen-bond donors (Lipinski definition) is 2.